The number of piperidine rings is 1. The maximum absolute atomic E-state index is 13.1. The minimum Gasteiger partial charge on any atom is -0.368 e. The number of carbonyl (C=O) groups is 3. The first-order chi connectivity index (χ1) is 18.0. The van der Waals surface area contributed by atoms with E-state index in [1.807, 2.05) is 19.1 Å². The van der Waals surface area contributed by atoms with E-state index in [9.17, 15) is 27.2 Å². The van der Waals surface area contributed by atoms with Crippen molar-refractivity contribution in [3.8, 4) is 0 Å². The molecule has 2 aliphatic rings. The van der Waals surface area contributed by atoms with E-state index in [2.05, 4.69) is 10.6 Å². The van der Waals surface area contributed by atoms with Crippen LogP contribution in [-0.2, 0) is 30.8 Å². The van der Waals surface area contributed by atoms with E-state index in [0.29, 0.717) is 37.3 Å². The molecule has 0 aromatic heterocycles. The van der Waals surface area contributed by atoms with Crippen LogP contribution in [0.1, 0.15) is 69.4 Å². The Kier molecular flexibility index (Phi) is 10.3. The predicted octanol–water partition coefficient (Wildman–Crippen LogP) is 2.82. The molecule has 0 spiro atoms. The summed E-state index contributed by atoms with van der Waals surface area (Å²) >= 11 is 0. The molecular weight excluding hydrogens is 511 g/mol. The smallest absolute Gasteiger partial charge is 0.243 e. The average Bonchev–Trinajstić information content (AvgIpc) is 2.87. The van der Waals surface area contributed by atoms with Crippen molar-refractivity contribution < 1.29 is 27.2 Å². The van der Waals surface area contributed by atoms with E-state index in [4.69, 9.17) is 5.73 Å². The number of anilines is 1. The molecule has 1 aromatic rings. The maximum atomic E-state index is 13.1. The Labute approximate surface area is 225 Å². The van der Waals surface area contributed by atoms with Gasteiger partial charge in [0.05, 0.1) is 12.4 Å². The van der Waals surface area contributed by atoms with Gasteiger partial charge >= 0.3 is 0 Å². The van der Waals surface area contributed by atoms with Gasteiger partial charge in [0.2, 0.25) is 27.7 Å². The molecule has 1 saturated carbocycles. The Balaban J connectivity index is 1.55. The van der Waals surface area contributed by atoms with Crippen molar-refractivity contribution in [3.05, 3.63) is 29.3 Å². The molecule has 1 aromatic carbocycles. The van der Waals surface area contributed by atoms with Crippen LogP contribution in [0.2, 0.25) is 0 Å². The monoisotopic (exact) mass is 552 g/mol. The van der Waals surface area contributed by atoms with Gasteiger partial charge in [-0.3, -0.25) is 18.8 Å². The molecule has 1 aliphatic heterocycles. The highest BCUT2D eigenvalue weighted by Gasteiger charge is 2.44. The fourth-order valence-electron chi connectivity index (χ4n) is 5.62. The van der Waals surface area contributed by atoms with Gasteiger partial charge in [0, 0.05) is 31.6 Å². The minimum atomic E-state index is -3.59. The number of nitrogens with two attached hydrogens (primary N) is 1. The summed E-state index contributed by atoms with van der Waals surface area (Å²) in [6.07, 6.45) is 5.08. The molecule has 0 radical (unpaired) electrons. The van der Waals surface area contributed by atoms with Crippen LogP contribution in [0.5, 0.6) is 0 Å². The Hall–Kier alpha value is -2.53. The van der Waals surface area contributed by atoms with Gasteiger partial charge in [-0.25, -0.2) is 12.7 Å². The highest BCUT2D eigenvalue weighted by Crippen LogP contribution is 2.33. The van der Waals surface area contributed by atoms with Crippen LogP contribution in [0, 0.1) is 18.8 Å². The first-order valence-electron chi connectivity index (χ1n) is 13.5. The number of aryl methyl sites for hydroxylation is 2. The molecule has 1 heterocycles. The van der Waals surface area contributed by atoms with Crippen LogP contribution in [0.4, 0.5) is 10.1 Å². The zero-order chi connectivity index (χ0) is 27.9. The zero-order valence-electron chi connectivity index (χ0n) is 22.4. The first kappa shape index (κ1) is 30.0. The van der Waals surface area contributed by atoms with Crippen molar-refractivity contribution in [2.45, 2.75) is 77.2 Å². The van der Waals surface area contributed by atoms with Crippen molar-refractivity contribution in [3.63, 3.8) is 0 Å². The summed E-state index contributed by atoms with van der Waals surface area (Å²) in [5.41, 5.74) is 6.88. The minimum absolute atomic E-state index is 0.0884. The number of hydrogen-bond donors (Lipinski definition) is 3. The lowest BCUT2D eigenvalue weighted by atomic mass is 9.79. The quantitative estimate of drug-likeness (QED) is 0.388. The van der Waals surface area contributed by atoms with Gasteiger partial charge < -0.3 is 16.4 Å². The van der Waals surface area contributed by atoms with Gasteiger partial charge in [-0.05, 0) is 93.9 Å². The molecule has 1 saturated heterocycles. The first-order valence-corrected chi connectivity index (χ1v) is 15.1. The molecule has 3 rings (SSSR count). The summed E-state index contributed by atoms with van der Waals surface area (Å²) in [7, 11) is -3.59. The molecule has 0 atom stereocenters. The third-order valence-electron chi connectivity index (χ3n) is 8.06. The highest BCUT2D eigenvalue weighted by molar-refractivity contribution is 7.89. The summed E-state index contributed by atoms with van der Waals surface area (Å²) in [4.78, 5) is 36.7. The number of benzene rings is 1. The van der Waals surface area contributed by atoms with Crippen LogP contribution in [0.25, 0.3) is 0 Å². The van der Waals surface area contributed by atoms with Crippen molar-refractivity contribution in [2.75, 3.05) is 30.8 Å². The number of rotatable bonds is 11. The van der Waals surface area contributed by atoms with Gasteiger partial charge in [0.25, 0.3) is 0 Å². The van der Waals surface area contributed by atoms with Gasteiger partial charge in [-0.15, -0.1) is 0 Å². The van der Waals surface area contributed by atoms with Gasteiger partial charge in [-0.2, -0.15) is 0 Å². The number of halogens is 1. The van der Waals surface area contributed by atoms with Crippen molar-refractivity contribution in [1.82, 2.24) is 9.62 Å². The Morgan fingerprint density at radius 1 is 1.13 bits per heavy atom. The van der Waals surface area contributed by atoms with E-state index < -0.39 is 21.5 Å². The normalized spacial score (nSPS) is 22.0. The Bertz CT molecular complexity index is 1110. The van der Waals surface area contributed by atoms with Gasteiger partial charge in [-0.1, -0.05) is 6.07 Å². The van der Waals surface area contributed by atoms with Crippen molar-refractivity contribution in [1.29, 1.82) is 0 Å². The van der Waals surface area contributed by atoms with Gasteiger partial charge in [0.1, 0.15) is 5.54 Å². The molecule has 2 fully saturated rings. The summed E-state index contributed by atoms with van der Waals surface area (Å²) in [6.45, 7) is 3.18. The lowest BCUT2D eigenvalue weighted by Crippen LogP contribution is -2.63. The SMILES string of the molecule is CC(=O)Nc1ccc(CCS(=O)(=O)N2CCC(NC(=O)C3CCC(CCCF)CC3)(C(N)=O)CC2)c(C)c1. The zero-order valence-corrected chi connectivity index (χ0v) is 23.2. The molecule has 3 amide bonds. The molecule has 212 valence electrons. The predicted molar refractivity (Wildman–Crippen MR) is 145 cm³/mol. The molecule has 4 N–H and O–H groups in total. The van der Waals surface area contributed by atoms with Gasteiger partial charge in [0.15, 0.2) is 0 Å². The summed E-state index contributed by atoms with van der Waals surface area (Å²) in [5, 5.41) is 5.60. The number of alkyl halides is 1. The molecule has 11 heteroatoms. The number of carbonyl (C=O) groups excluding carboxylic acids is 3. The molecule has 0 unspecified atom stereocenters. The van der Waals surface area contributed by atoms with E-state index in [-0.39, 0.29) is 56.1 Å². The second-order valence-corrected chi connectivity index (χ2v) is 12.9. The van der Waals surface area contributed by atoms with Crippen molar-refractivity contribution in [2.24, 2.45) is 17.6 Å². The molecule has 9 nitrogen and oxygen atoms in total. The molecular formula is C27H41FN4O5S. The van der Waals surface area contributed by atoms with Crippen LogP contribution in [0.3, 0.4) is 0 Å². The third-order valence-corrected chi connectivity index (χ3v) is 9.93. The Morgan fingerprint density at radius 2 is 1.79 bits per heavy atom. The number of hydrogen-bond acceptors (Lipinski definition) is 5. The molecule has 38 heavy (non-hydrogen) atoms. The highest BCUT2D eigenvalue weighted by atomic mass is 32.2. The average molecular weight is 553 g/mol. The topological polar surface area (TPSA) is 139 Å². The maximum Gasteiger partial charge on any atom is 0.243 e. The fourth-order valence-corrected chi connectivity index (χ4v) is 7.10. The van der Waals surface area contributed by atoms with E-state index >= 15 is 0 Å². The van der Waals surface area contributed by atoms with Crippen LogP contribution in [0.15, 0.2) is 18.2 Å². The van der Waals surface area contributed by atoms with Crippen molar-refractivity contribution >= 4 is 33.4 Å². The molecule has 0 bridgehead atoms. The summed E-state index contributed by atoms with van der Waals surface area (Å²) in [6, 6.07) is 5.37. The Morgan fingerprint density at radius 3 is 2.34 bits per heavy atom. The van der Waals surface area contributed by atoms with Crippen LogP contribution >= 0.6 is 0 Å². The second kappa shape index (κ2) is 13.0. The number of sulfonamides is 1. The fraction of sp³-hybridized carbons (Fsp3) is 0.667. The van der Waals surface area contributed by atoms with E-state index in [1.54, 1.807) is 6.07 Å². The van der Waals surface area contributed by atoms with Crippen LogP contribution < -0.4 is 16.4 Å². The number of amides is 3. The van der Waals surface area contributed by atoms with E-state index in [1.165, 1.54) is 11.2 Å². The summed E-state index contributed by atoms with van der Waals surface area (Å²) in [5.74, 6) is -0.890. The third kappa shape index (κ3) is 7.75. The second-order valence-electron chi connectivity index (χ2n) is 10.8. The standard InChI is InChI=1S/C27H41FN4O5S/c1-19-18-24(30-20(2)33)10-9-22(19)11-17-38(36,37)32-15-12-27(13-16-32,26(29)35)31-25(34)23-7-5-21(6-8-23)4-3-14-28/h9-10,18,21,23H,3-8,11-17H2,1-2H3,(H2,29,35)(H,30,33)(H,31,34). The number of primary amides is 1. The summed E-state index contributed by atoms with van der Waals surface area (Å²) < 4.78 is 40.0. The lowest BCUT2D eigenvalue weighted by Gasteiger charge is -2.40. The van der Waals surface area contributed by atoms with E-state index in [0.717, 1.165) is 30.4 Å². The largest absolute Gasteiger partial charge is 0.368 e. The van der Waals surface area contributed by atoms with Crippen LogP contribution in [-0.4, -0.2) is 61.5 Å². The number of nitrogens with one attached hydrogen (secondary N) is 2. The lowest BCUT2D eigenvalue weighted by molar-refractivity contribution is -0.136. The molecule has 1 aliphatic carbocycles. The number of nitrogens with zero attached hydrogens (tertiary/aromatic N) is 1.